The number of nitriles is 1. The number of hydrogen-bond acceptors (Lipinski definition) is 2. The number of rotatable bonds is 3. The SMILES string of the molecule is COc1ccc(Cl)cc1C(C#N)C1CCCC1. The molecule has 1 fully saturated rings. The Bertz CT molecular complexity index is 432. The minimum Gasteiger partial charge on any atom is -0.496 e. The number of nitrogens with zero attached hydrogens (tertiary/aromatic N) is 1. The molecule has 17 heavy (non-hydrogen) atoms. The molecule has 3 heteroatoms. The van der Waals surface area contributed by atoms with Gasteiger partial charge in [-0.2, -0.15) is 5.26 Å². The van der Waals surface area contributed by atoms with Gasteiger partial charge in [-0.1, -0.05) is 24.4 Å². The van der Waals surface area contributed by atoms with Gasteiger partial charge >= 0.3 is 0 Å². The van der Waals surface area contributed by atoms with E-state index in [2.05, 4.69) is 6.07 Å². The molecule has 1 unspecified atom stereocenters. The third kappa shape index (κ3) is 2.56. The standard InChI is InChI=1S/C14H16ClNO/c1-17-14-7-6-11(15)8-12(14)13(9-16)10-4-2-3-5-10/h6-8,10,13H,2-5H2,1H3. The summed E-state index contributed by atoms with van der Waals surface area (Å²) in [5.74, 6) is 1.13. The van der Waals surface area contributed by atoms with Gasteiger partial charge in [0.25, 0.3) is 0 Å². The van der Waals surface area contributed by atoms with E-state index in [1.54, 1.807) is 13.2 Å². The van der Waals surface area contributed by atoms with Crippen molar-refractivity contribution in [1.29, 1.82) is 5.26 Å². The van der Waals surface area contributed by atoms with E-state index < -0.39 is 0 Å². The average molecular weight is 250 g/mol. The molecule has 0 amide bonds. The van der Waals surface area contributed by atoms with Crippen molar-refractivity contribution in [2.75, 3.05) is 7.11 Å². The fourth-order valence-corrected chi connectivity index (χ4v) is 2.85. The lowest BCUT2D eigenvalue weighted by Crippen LogP contribution is -2.09. The number of benzene rings is 1. The third-order valence-electron chi connectivity index (χ3n) is 3.54. The predicted molar refractivity (Wildman–Crippen MR) is 68.3 cm³/mol. The molecule has 90 valence electrons. The Morgan fingerprint density at radius 1 is 1.41 bits per heavy atom. The molecule has 2 nitrogen and oxygen atoms in total. The van der Waals surface area contributed by atoms with E-state index >= 15 is 0 Å². The molecule has 0 saturated heterocycles. The van der Waals surface area contributed by atoms with Crippen LogP contribution < -0.4 is 4.74 Å². The topological polar surface area (TPSA) is 33.0 Å². The molecule has 1 aromatic rings. The molecule has 0 radical (unpaired) electrons. The summed E-state index contributed by atoms with van der Waals surface area (Å²) in [7, 11) is 1.63. The highest BCUT2D eigenvalue weighted by Gasteiger charge is 2.28. The summed E-state index contributed by atoms with van der Waals surface area (Å²) >= 11 is 6.02. The van der Waals surface area contributed by atoms with E-state index in [-0.39, 0.29) is 5.92 Å². The minimum atomic E-state index is -0.0915. The smallest absolute Gasteiger partial charge is 0.123 e. The molecule has 0 spiro atoms. The molecule has 1 aliphatic carbocycles. The summed E-state index contributed by atoms with van der Waals surface area (Å²) in [5.41, 5.74) is 0.939. The predicted octanol–water partition coefficient (Wildman–Crippen LogP) is 4.15. The second kappa shape index (κ2) is 5.42. The molecule has 2 rings (SSSR count). The third-order valence-corrected chi connectivity index (χ3v) is 3.77. The summed E-state index contributed by atoms with van der Waals surface area (Å²) in [4.78, 5) is 0. The first-order valence-corrected chi connectivity index (χ1v) is 6.37. The monoisotopic (exact) mass is 249 g/mol. The first kappa shape index (κ1) is 12.3. The Kier molecular flexibility index (Phi) is 3.91. The van der Waals surface area contributed by atoms with Crippen LogP contribution in [0.5, 0.6) is 5.75 Å². The molecule has 0 N–H and O–H groups in total. The lowest BCUT2D eigenvalue weighted by atomic mass is 9.85. The zero-order valence-electron chi connectivity index (χ0n) is 9.95. The normalized spacial score (nSPS) is 17.7. The lowest BCUT2D eigenvalue weighted by molar-refractivity contribution is 0.398. The highest BCUT2D eigenvalue weighted by molar-refractivity contribution is 6.30. The zero-order chi connectivity index (χ0) is 12.3. The van der Waals surface area contributed by atoms with Gasteiger partial charge in [-0.15, -0.1) is 0 Å². The van der Waals surface area contributed by atoms with E-state index in [1.165, 1.54) is 12.8 Å². The van der Waals surface area contributed by atoms with Crippen LogP contribution >= 0.6 is 11.6 Å². The van der Waals surface area contributed by atoms with Crippen LogP contribution in [0, 0.1) is 17.2 Å². The quantitative estimate of drug-likeness (QED) is 0.806. The van der Waals surface area contributed by atoms with Gasteiger partial charge in [0.15, 0.2) is 0 Å². The summed E-state index contributed by atoms with van der Waals surface area (Å²) in [5, 5.41) is 10.1. The van der Waals surface area contributed by atoms with E-state index in [0.717, 1.165) is 24.2 Å². The van der Waals surface area contributed by atoms with E-state index in [0.29, 0.717) is 10.9 Å². The van der Waals surface area contributed by atoms with Gasteiger partial charge in [0.2, 0.25) is 0 Å². The molecular weight excluding hydrogens is 234 g/mol. The molecule has 1 aliphatic rings. The highest BCUT2D eigenvalue weighted by Crippen LogP contribution is 2.40. The van der Waals surface area contributed by atoms with Crippen LogP contribution in [0.3, 0.4) is 0 Å². The first-order valence-electron chi connectivity index (χ1n) is 5.99. The average Bonchev–Trinajstić information content (AvgIpc) is 2.84. The fourth-order valence-electron chi connectivity index (χ4n) is 2.67. The second-order valence-electron chi connectivity index (χ2n) is 4.54. The number of hydrogen-bond donors (Lipinski definition) is 0. The summed E-state index contributed by atoms with van der Waals surface area (Å²) in [6.07, 6.45) is 4.72. The van der Waals surface area contributed by atoms with Crippen LogP contribution in [-0.2, 0) is 0 Å². The van der Waals surface area contributed by atoms with E-state index in [1.807, 2.05) is 12.1 Å². The van der Waals surface area contributed by atoms with Crippen LogP contribution in [0.15, 0.2) is 18.2 Å². The van der Waals surface area contributed by atoms with Gasteiger partial charge in [0.1, 0.15) is 5.75 Å². The summed E-state index contributed by atoms with van der Waals surface area (Å²) in [6.45, 7) is 0. The minimum absolute atomic E-state index is 0.0915. The van der Waals surface area contributed by atoms with Crippen molar-refractivity contribution in [3.05, 3.63) is 28.8 Å². The van der Waals surface area contributed by atoms with Crippen LogP contribution in [-0.4, -0.2) is 7.11 Å². The molecule has 1 atom stereocenters. The Hall–Kier alpha value is -1.20. The van der Waals surface area contributed by atoms with Crippen molar-refractivity contribution >= 4 is 11.6 Å². The fraction of sp³-hybridized carbons (Fsp3) is 0.500. The van der Waals surface area contributed by atoms with Crippen molar-refractivity contribution in [2.45, 2.75) is 31.6 Å². The molecule has 1 saturated carbocycles. The maximum absolute atomic E-state index is 9.40. The molecule has 0 heterocycles. The molecule has 1 aromatic carbocycles. The Labute approximate surface area is 107 Å². The van der Waals surface area contributed by atoms with Gasteiger partial charge in [0, 0.05) is 10.6 Å². The number of methoxy groups -OCH3 is 1. The molecule has 0 bridgehead atoms. The second-order valence-corrected chi connectivity index (χ2v) is 4.97. The molecule has 0 aromatic heterocycles. The van der Waals surface area contributed by atoms with Gasteiger partial charge in [-0.25, -0.2) is 0 Å². The molecular formula is C14H16ClNO. The van der Waals surface area contributed by atoms with Crippen LogP contribution in [0.2, 0.25) is 5.02 Å². The van der Waals surface area contributed by atoms with Crippen LogP contribution in [0.4, 0.5) is 0 Å². The van der Waals surface area contributed by atoms with Crippen molar-refractivity contribution in [3.8, 4) is 11.8 Å². The van der Waals surface area contributed by atoms with Crippen molar-refractivity contribution in [1.82, 2.24) is 0 Å². The first-order chi connectivity index (χ1) is 8.26. The van der Waals surface area contributed by atoms with Gasteiger partial charge < -0.3 is 4.74 Å². The van der Waals surface area contributed by atoms with Crippen molar-refractivity contribution < 1.29 is 4.74 Å². The number of ether oxygens (including phenoxy) is 1. The largest absolute Gasteiger partial charge is 0.496 e. The van der Waals surface area contributed by atoms with Gasteiger partial charge in [0.05, 0.1) is 19.1 Å². The lowest BCUT2D eigenvalue weighted by Gasteiger charge is -2.19. The Morgan fingerprint density at radius 2 is 2.12 bits per heavy atom. The Balaban J connectivity index is 2.35. The zero-order valence-corrected chi connectivity index (χ0v) is 10.7. The summed E-state index contributed by atoms with van der Waals surface area (Å²) in [6, 6.07) is 7.93. The highest BCUT2D eigenvalue weighted by atomic mass is 35.5. The van der Waals surface area contributed by atoms with Crippen LogP contribution in [0.25, 0.3) is 0 Å². The van der Waals surface area contributed by atoms with E-state index in [9.17, 15) is 5.26 Å². The number of halogens is 1. The van der Waals surface area contributed by atoms with Crippen molar-refractivity contribution in [2.24, 2.45) is 5.92 Å². The van der Waals surface area contributed by atoms with Gasteiger partial charge in [-0.05, 0) is 37.0 Å². The van der Waals surface area contributed by atoms with E-state index in [4.69, 9.17) is 16.3 Å². The Morgan fingerprint density at radius 3 is 2.71 bits per heavy atom. The van der Waals surface area contributed by atoms with Crippen LogP contribution in [0.1, 0.15) is 37.2 Å². The molecule has 0 aliphatic heterocycles. The van der Waals surface area contributed by atoms with Crippen molar-refractivity contribution in [3.63, 3.8) is 0 Å². The van der Waals surface area contributed by atoms with Gasteiger partial charge in [-0.3, -0.25) is 0 Å². The maximum Gasteiger partial charge on any atom is 0.123 e. The summed E-state index contributed by atoms with van der Waals surface area (Å²) < 4.78 is 5.33. The maximum atomic E-state index is 9.40.